The van der Waals surface area contributed by atoms with E-state index in [2.05, 4.69) is 27.4 Å². The maximum atomic E-state index is 12.8. The molecule has 1 amide bonds. The van der Waals surface area contributed by atoms with Crippen LogP contribution in [0, 0.1) is 5.92 Å². The summed E-state index contributed by atoms with van der Waals surface area (Å²) in [6.07, 6.45) is 12.1. The number of nitrogens with one attached hydrogen (secondary N) is 2. The highest BCUT2D eigenvalue weighted by Gasteiger charge is 2.31. The molecule has 0 aromatic heterocycles. The average molecular weight is 392 g/mol. The van der Waals surface area contributed by atoms with E-state index in [9.17, 15) is 4.79 Å². The van der Waals surface area contributed by atoms with E-state index in [1.54, 1.807) is 0 Å². The molecule has 1 aliphatic carbocycles. The first-order valence-electron chi connectivity index (χ1n) is 11.8. The molecule has 2 N–H and O–H groups in total. The molecule has 0 radical (unpaired) electrons. The summed E-state index contributed by atoms with van der Waals surface area (Å²) in [4.78, 5) is 22.2. The molecule has 6 heteroatoms. The second-order valence-corrected chi connectivity index (χ2v) is 8.77. The second-order valence-electron chi connectivity index (χ2n) is 8.77. The van der Waals surface area contributed by atoms with Crippen LogP contribution >= 0.6 is 0 Å². The van der Waals surface area contributed by atoms with Gasteiger partial charge in [-0.15, -0.1) is 0 Å². The van der Waals surface area contributed by atoms with Crippen molar-refractivity contribution >= 4 is 11.9 Å². The van der Waals surface area contributed by atoms with Crippen molar-refractivity contribution in [3.05, 3.63) is 0 Å². The van der Waals surface area contributed by atoms with Crippen LogP contribution in [-0.4, -0.2) is 73.5 Å². The second kappa shape index (κ2) is 11.6. The average Bonchev–Trinajstić information content (AvgIpc) is 3.40. The first kappa shape index (κ1) is 21.4. The van der Waals surface area contributed by atoms with Gasteiger partial charge >= 0.3 is 0 Å². The molecule has 3 fully saturated rings. The fourth-order valence-electron chi connectivity index (χ4n) is 4.84. The van der Waals surface area contributed by atoms with E-state index in [0.29, 0.717) is 11.9 Å². The van der Waals surface area contributed by atoms with Crippen molar-refractivity contribution in [3.8, 4) is 0 Å². The van der Waals surface area contributed by atoms with Crippen LogP contribution < -0.4 is 10.6 Å². The molecule has 1 atom stereocenters. The third kappa shape index (κ3) is 6.64. The first-order valence-corrected chi connectivity index (χ1v) is 11.8. The van der Waals surface area contributed by atoms with E-state index in [4.69, 9.17) is 4.99 Å². The Morgan fingerprint density at radius 1 is 1.00 bits per heavy atom. The Morgan fingerprint density at radius 2 is 1.79 bits per heavy atom. The number of likely N-dealkylation sites (tertiary alicyclic amines) is 2. The van der Waals surface area contributed by atoms with E-state index in [1.807, 2.05) is 0 Å². The molecule has 6 nitrogen and oxygen atoms in total. The van der Waals surface area contributed by atoms with Gasteiger partial charge in [0.1, 0.15) is 0 Å². The molecule has 0 spiro atoms. The van der Waals surface area contributed by atoms with Crippen LogP contribution in [0.1, 0.15) is 71.1 Å². The molecule has 2 aliphatic heterocycles. The highest BCUT2D eigenvalue weighted by atomic mass is 16.2. The van der Waals surface area contributed by atoms with Gasteiger partial charge in [-0.05, 0) is 71.5 Å². The summed E-state index contributed by atoms with van der Waals surface area (Å²) in [6, 6.07) is 0.329. The Bertz CT molecular complexity index is 497. The van der Waals surface area contributed by atoms with Gasteiger partial charge in [0.05, 0.1) is 0 Å². The number of amides is 1. The Kier molecular flexibility index (Phi) is 8.90. The Labute approximate surface area is 171 Å². The number of unbranched alkanes of at least 4 members (excludes halogenated alkanes) is 1. The normalized spacial score (nSPS) is 24.7. The summed E-state index contributed by atoms with van der Waals surface area (Å²) in [7, 11) is 0. The van der Waals surface area contributed by atoms with Crippen LogP contribution in [0.4, 0.5) is 0 Å². The van der Waals surface area contributed by atoms with Gasteiger partial charge in [-0.25, -0.2) is 0 Å². The van der Waals surface area contributed by atoms with E-state index >= 15 is 0 Å². The smallest absolute Gasteiger partial charge is 0.225 e. The topological polar surface area (TPSA) is 60.0 Å². The molecular formula is C22H41N5O. The van der Waals surface area contributed by atoms with E-state index in [-0.39, 0.29) is 5.92 Å². The summed E-state index contributed by atoms with van der Waals surface area (Å²) < 4.78 is 0. The molecular weight excluding hydrogens is 350 g/mol. The van der Waals surface area contributed by atoms with Gasteiger partial charge in [0.15, 0.2) is 5.96 Å². The molecule has 1 unspecified atom stereocenters. The SMILES string of the molecule is CCNC(=NCCCCN1CCCC1)NC1CCN(C(=O)C2CCCCC2)C1. The summed E-state index contributed by atoms with van der Waals surface area (Å²) in [5.41, 5.74) is 0. The summed E-state index contributed by atoms with van der Waals surface area (Å²) in [5.74, 6) is 1.60. The summed E-state index contributed by atoms with van der Waals surface area (Å²) in [5, 5.41) is 6.95. The number of aliphatic imine (C=N–C) groups is 1. The maximum absolute atomic E-state index is 12.8. The number of guanidine groups is 1. The predicted molar refractivity (Wildman–Crippen MR) is 116 cm³/mol. The van der Waals surface area contributed by atoms with Crippen molar-refractivity contribution in [2.24, 2.45) is 10.9 Å². The van der Waals surface area contributed by atoms with Crippen molar-refractivity contribution in [1.82, 2.24) is 20.4 Å². The fraction of sp³-hybridized carbons (Fsp3) is 0.909. The number of nitrogens with zero attached hydrogens (tertiary/aromatic N) is 3. The van der Waals surface area contributed by atoms with Crippen LogP contribution in [0.15, 0.2) is 4.99 Å². The third-order valence-corrected chi connectivity index (χ3v) is 6.49. The monoisotopic (exact) mass is 391 g/mol. The minimum Gasteiger partial charge on any atom is -0.357 e. The van der Waals surface area contributed by atoms with Crippen LogP contribution in [0.2, 0.25) is 0 Å². The van der Waals surface area contributed by atoms with Crippen molar-refractivity contribution in [1.29, 1.82) is 0 Å². The number of hydrogen-bond donors (Lipinski definition) is 2. The lowest BCUT2D eigenvalue weighted by Crippen LogP contribution is -2.45. The van der Waals surface area contributed by atoms with Gasteiger partial charge in [0.25, 0.3) is 0 Å². The van der Waals surface area contributed by atoms with Crippen molar-refractivity contribution in [2.45, 2.75) is 77.2 Å². The zero-order valence-corrected chi connectivity index (χ0v) is 17.9. The fourth-order valence-corrected chi connectivity index (χ4v) is 4.84. The molecule has 0 aromatic rings. The van der Waals surface area contributed by atoms with Crippen LogP contribution in [0.3, 0.4) is 0 Å². The number of rotatable bonds is 8. The molecule has 160 valence electrons. The third-order valence-electron chi connectivity index (χ3n) is 6.49. The lowest BCUT2D eigenvalue weighted by atomic mass is 9.88. The minimum atomic E-state index is 0.282. The van der Waals surface area contributed by atoms with E-state index in [0.717, 1.165) is 57.8 Å². The molecule has 0 aromatic carbocycles. The Balaban J connectivity index is 1.37. The summed E-state index contributed by atoms with van der Waals surface area (Å²) in [6.45, 7) is 9.36. The lowest BCUT2D eigenvalue weighted by Gasteiger charge is -2.26. The zero-order chi connectivity index (χ0) is 19.6. The van der Waals surface area contributed by atoms with E-state index in [1.165, 1.54) is 58.2 Å². The summed E-state index contributed by atoms with van der Waals surface area (Å²) >= 11 is 0. The van der Waals surface area contributed by atoms with Crippen molar-refractivity contribution in [2.75, 3.05) is 45.8 Å². The van der Waals surface area contributed by atoms with Gasteiger partial charge < -0.3 is 20.4 Å². The molecule has 2 saturated heterocycles. The number of carbonyl (C=O) groups is 1. The highest BCUT2D eigenvalue weighted by Crippen LogP contribution is 2.26. The van der Waals surface area contributed by atoms with Gasteiger partial charge in [0, 0.05) is 38.1 Å². The maximum Gasteiger partial charge on any atom is 0.225 e. The van der Waals surface area contributed by atoms with Crippen LogP contribution in [-0.2, 0) is 4.79 Å². The molecule has 28 heavy (non-hydrogen) atoms. The van der Waals surface area contributed by atoms with Gasteiger partial charge in [0.2, 0.25) is 5.91 Å². The van der Waals surface area contributed by atoms with E-state index < -0.39 is 0 Å². The van der Waals surface area contributed by atoms with Gasteiger partial charge in [-0.1, -0.05) is 19.3 Å². The van der Waals surface area contributed by atoms with Crippen LogP contribution in [0.5, 0.6) is 0 Å². The highest BCUT2D eigenvalue weighted by molar-refractivity contribution is 5.81. The molecule has 2 heterocycles. The van der Waals surface area contributed by atoms with Crippen molar-refractivity contribution in [3.63, 3.8) is 0 Å². The van der Waals surface area contributed by atoms with Gasteiger partial charge in [-0.3, -0.25) is 9.79 Å². The lowest BCUT2D eigenvalue weighted by molar-refractivity contribution is -0.135. The Morgan fingerprint density at radius 3 is 2.54 bits per heavy atom. The predicted octanol–water partition coefficient (Wildman–Crippen LogP) is 2.60. The molecule has 1 saturated carbocycles. The standard InChI is InChI=1S/C22H41N5O/c1-2-23-22(24-13-6-7-14-26-15-8-9-16-26)25-20-12-17-27(18-20)21(28)19-10-4-3-5-11-19/h19-20H,2-18H2,1H3,(H2,23,24,25). The van der Waals surface area contributed by atoms with Crippen molar-refractivity contribution < 1.29 is 4.79 Å². The number of hydrogen-bond acceptors (Lipinski definition) is 3. The molecule has 3 aliphatic rings. The van der Waals surface area contributed by atoms with Crippen LogP contribution in [0.25, 0.3) is 0 Å². The van der Waals surface area contributed by atoms with Gasteiger partial charge in [-0.2, -0.15) is 0 Å². The quantitative estimate of drug-likeness (QED) is 0.379. The molecule has 0 bridgehead atoms. The first-order chi connectivity index (χ1) is 13.8. The number of carbonyl (C=O) groups excluding carboxylic acids is 1. The molecule has 3 rings (SSSR count). The minimum absolute atomic E-state index is 0.282. The largest absolute Gasteiger partial charge is 0.357 e. The zero-order valence-electron chi connectivity index (χ0n) is 17.9. The Hall–Kier alpha value is -1.30.